The van der Waals surface area contributed by atoms with Crippen molar-refractivity contribution >= 4 is 76.2 Å². The molecule has 3 aromatic carbocycles. The number of benzene rings is 3. The van der Waals surface area contributed by atoms with E-state index in [2.05, 4.69) is 104 Å². The van der Waals surface area contributed by atoms with E-state index in [-0.39, 0.29) is 8.41 Å². The molecule has 22 heavy (non-hydrogen) atoms. The quantitative estimate of drug-likeness (QED) is 0.199. The first-order valence-electron chi connectivity index (χ1n) is 6.30. The summed E-state index contributed by atoms with van der Waals surface area (Å²) in [5, 5.41) is 0. The zero-order valence-corrected chi connectivity index (χ0v) is 18.3. The molecule has 0 nitrogen and oxygen atoms in total. The Morgan fingerprint density at radius 2 is 0.545 bits per heavy atom. The van der Waals surface area contributed by atoms with Crippen LogP contribution < -0.4 is 0 Å². The van der Waals surface area contributed by atoms with Crippen molar-refractivity contribution in [2.75, 3.05) is 0 Å². The highest BCUT2D eigenvalue weighted by Gasteiger charge is 1.75. The molecule has 0 aromatic heterocycles. The van der Waals surface area contributed by atoms with Crippen molar-refractivity contribution in [1.82, 2.24) is 0 Å². The maximum Gasteiger partial charge on any atom is 0.0130 e. The smallest absolute Gasteiger partial charge is 0.0130 e. The van der Waals surface area contributed by atoms with Crippen LogP contribution in [-0.4, -0.2) is 8.41 Å². The normalized spacial score (nSPS) is 8.32. The highest BCUT2D eigenvalue weighted by atomic mass is 127. The molecule has 0 fully saturated rings. The van der Waals surface area contributed by atoms with E-state index in [4.69, 9.17) is 0 Å². The Bertz CT molecular complexity index is 497. The van der Waals surface area contributed by atoms with Crippen LogP contribution in [0.25, 0.3) is 0 Å². The monoisotopic (exact) mass is 623 g/mol. The van der Waals surface area contributed by atoms with E-state index in [0.717, 1.165) is 0 Å². The van der Waals surface area contributed by atoms with E-state index in [9.17, 15) is 0 Å². The molecular weight excluding hydrogens is 608 g/mol. The van der Waals surface area contributed by atoms with E-state index in [1.54, 1.807) is 0 Å². The molecule has 4 heteroatoms. The van der Waals surface area contributed by atoms with Gasteiger partial charge in [-0.1, -0.05) is 54.6 Å². The molecule has 3 radical (unpaired) electrons. The lowest BCUT2D eigenvalue weighted by atomic mass is 10.4. The topological polar surface area (TPSA) is 0 Å². The van der Waals surface area contributed by atoms with E-state index in [1.165, 1.54) is 10.7 Å². The van der Waals surface area contributed by atoms with E-state index < -0.39 is 0 Å². The zero-order chi connectivity index (χ0) is 15.3. The van der Waals surface area contributed by atoms with Gasteiger partial charge in [0.25, 0.3) is 0 Å². The lowest BCUT2D eigenvalue weighted by molar-refractivity contribution is 1.65. The molecule has 0 aliphatic carbocycles. The Morgan fingerprint density at radius 1 is 0.364 bits per heavy atom. The van der Waals surface area contributed by atoms with Gasteiger partial charge in [0.05, 0.1) is 0 Å². The maximum atomic E-state index is 2.28. The summed E-state index contributed by atoms with van der Waals surface area (Å²) in [7, 11) is 0. The molecule has 0 spiro atoms. The summed E-state index contributed by atoms with van der Waals surface area (Å²) >= 11 is 6.84. The minimum Gasteiger partial charge on any atom is -0.0622 e. The average molecular weight is 623 g/mol. The third kappa shape index (κ3) is 12.5. The van der Waals surface area contributed by atoms with Crippen molar-refractivity contribution in [3.63, 3.8) is 0 Å². The summed E-state index contributed by atoms with van der Waals surface area (Å²) in [6, 6.07) is 30.6. The number of halogens is 3. The van der Waals surface area contributed by atoms with Gasteiger partial charge in [-0.25, -0.2) is 0 Å². The Labute approximate surface area is 176 Å². The van der Waals surface area contributed by atoms with Gasteiger partial charge in [-0.15, -0.1) is 0 Å². The second-order valence-electron chi connectivity index (χ2n) is 3.89. The SMILES string of the molecule is Ic1ccccc1.Ic1ccccc1.Ic1ccccc1.[B]. The van der Waals surface area contributed by atoms with Crippen LogP contribution in [0.1, 0.15) is 0 Å². The predicted molar refractivity (Wildman–Crippen MR) is 123 cm³/mol. The van der Waals surface area contributed by atoms with Crippen LogP contribution in [0.5, 0.6) is 0 Å². The molecule has 0 N–H and O–H groups in total. The van der Waals surface area contributed by atoms with Gasteiger partial charge in [-0.3, -0.25) is 0 Å². The maximum absolute atomic E-state index is 2.28. The van der Waals surface area contributed by atoms with Crippen LogP contribution in [0.15, 0.2) is 91.0 Å². The van der Waals surface area contributed by atoms with E-state index >= 15 is 0 Å². The molecule has 0 atom stereocenters. The predicted octanol–water partition coefficient (Wildman–Crippen LogP) is 6.49. The third-order valence-electron chi connectivity index (χ3n) is 2.20. The van der Waals surface area contributed by atoms with Gasteiger partial charge >= 0.3 is 0 Å². The lowest BCUT2D eigenvalue weighted by Crippen LogP contribution is -1.61. The van der Waals surface area contributed by atoms with Gasteiger partial charge in [0.2, 0.25) is 0 Å². The Hall–Kier alpha value is -0.0851. The van der Waals surface area contributed by atoms with Gasteiger partial charge in [-0.2, -0.15) is 0 Å². The summed E-state index contributed by atoms with van der Waals surface area (Å²) in [5.74, 6) is 0. The summed E-state index contributed by atoms with van der Waals surface area (Å²) in [6.45, 7) is 0. The van der Waals surface area contributed by atoms with Gasteiger partial charge in [0, 0.05) is 19.1 Å². The van der Waals surface area contributed by atoms with Gasteiger partial charge in [-0.05, 0) is 104 Å². The van der Waals surface area contributed by atoms with Crippen molar-refractivity contribution in [1.29, 1.82) is 0 Å². The second-order valence-corrected chi connectivity index (χ2v) is 7.62. The molecule has 3 rings (SSSR count). The van der Waals surface area contributed by atoms with Gasteiger partial charge in [0.15, 0.2) is 0 Å². The molecule has 0 saturated heterocycles. The second kappa shape index (κ2) is 14.5. The van der Waals surface area contributed by atoms with Crippen molar-refractivity contribution in [2.24, 2.45) is 0 Å². The molecular formula is C18H15BI3. The largest absolute Gasteiger partial charge is 0.0622 e. The van der Waals surface area contributed by atoms with Crippen molar-refractivity contribution in [3.05, 3.63) is 102 Å². The molecule has 0 bridgehead atoms. The Morgan fingerprint density at radius 3 is 0.636 bits per heavy atom. The van der Waals surface area contributed by atoms with Crippen molar-refractivity contribution < 1.29 is 0 Å². The first-order valence-corrected chi connectivity index (χ1v) is 9.54. The standard InChI is InChI=1S/3C6H5I.B/c3*7-6-4-2-1-3-5-6;/h3*1-5H;. The average Bonchev–Trinajstić information content (AvgIpc) is 2.51. The summed E-state index contributed by atoms with van der Waals surface area (Å²) < 4.78 is 3.88. The molecule has 0 aliphatic heterocycles. The minimum atomic E-state index is 0. The molecule has 0 saturated carbocycles. The lowest BCUT2D eigenvalue weighted by Gasteiger charge is -1.80. The number of hydrogen-bond acceptors (Lipinski definition) is 0. The summed E-state index contributed by atoms with van der Waals surface area (Å²) in [6.07, 6.45) is 0. The van der Waals surface area contributed by atoms with Gasteiger partial charge in [0.1, 0.15) is 0 Å². The Kier molecular flexibility index (Phi) is 14.4. The Balaban J connectivity index is 0.000000294. The number of hydrogen-bond donors (Lipinski definition) is 0. The van der Waals surface area contributed by atoms with E-state index in [1.807, 2.05) is 54.6 Å². The van der Waals surface area contributed by atoms with Crippen LogP contribution in [0.4, 0.5) is 0 Å². The first-order chi connectivity index (χ1) is 10.2. The highest BCUT2D eigenvalue weighted by molar-refractivity contribution is 14.1. The molecule has 0 unspecified atom stereocenters. The number of rotatable bonds is 0. The molecule has 0 heterocycles. The minimum absolute atomic E-state index is 0. The first kappa shape index (κ1) is 21.9. The van der Waals surface area contributed by atoms with Crippen molar-refractivity contribution in [3.8, 4) is 0 Å². The molecule has 0 amide bonds. The van der Waals surface area contributed by atoms with Crippen LogP contribution in [0, 0.1) is 10.7 Å². The fourth-order valence-electron chi connectivity index (χ4n) is 1.24. The zero-order valence-electron chi connectivity index (χ0n) is 11.9. The molecule has 0 aliphatic rings. The molecule has 111 valence electrons. The van der Waals surface area contributed by atoms with E-state index in [0.29, 0.717) is 0 Å². The van der Waals surface area contributed by atoms with Crippen molar-refractivity contribution in [2.45, 2.75) is 0 Å². The van der Waals surface area contributed by atoms with Crippen LogP contribution in [0.2, 0.25) is 0 Å². The fourth-order valence-corrected chi connectivity index (χ4v) is 2.49. The third-order valence-corrected chi connectivity index (χ3v) is 4.36. The summed E-state index contributed by atoms with van der Waals surface area (Å²) in [5.41, 5.74) is 0. The van der Waals surface area contributed by atoms with Crippen LogP contribution >= 0.6 is 67.8 Å². The van der Waals surface area contributed by atoms with Crippen LogP contribution in [-0.2, 0) is 0 Å². The molecule has 3 aromatic rings. The highest BCUT2D eigenvalue weighted by Crippen LogP contribution is 2.01. The van der Waals surface area contributed by atoms with Crippen LogP contribution in [0.3, 0.4) is 0 Å². The van der Waals surface area contributed by atoms with Gasteiger partial charge < -0.3 is 0 Å². The fraction of sp³-hybridized carbons (Fsp3) is 0. The summed E-state index contributed by atoms with van der Waals surface area (Å²) in [4.78, 5) is 0.